The summed E-state index contributed by atoms with van der Waals surface area (Å²) in [5, 5.41) is 4.16. The zero-order valence-electron chi connectivity index (χ0n) is 10.4. The molecule has 94 valence electrons. The second kappa shape index (κ2) is 4.40. The number of carbonyl (C=O) groups excluding carboxylic acids is 1. The molecule has 18 heavy (non-hydrogen) atoms. The Kier molecular flexibility index (Phi) is 2.74. The molecule has 2 aromatic heterocycles. The van der Waals surface area contributed by atoms with E-state index in [0.29, 0.717) is 17.3 Å². The Balaban J connectivity index is 1.94. The van der Waals surface area contributed by atoms with Crippen molar-refractivity contribution < 1.29 is 4.79 Å². The summed E-state index contributed by atoms with van der Waals surface area (Å²) in [6.07, 6.45) is 5.62. The van der Waals surface area contributed by atoms with E-state index in [0.717, 1.165) is 19.5 Å². The van der Waals surface area contributed by atoms with E-state index in [4.69, 9.17) is 0 Å². The first-order valence-electron chi connectivity index (χ1n) is 6.34. The van der Waals surface area contributed by atoms with Crippen LogP contribution in [0.3, 0.4) is 0 Å². The van der Waals surface area contributed by atoms with Crippen LogP contribution in [0.25, 0.3) is 5.65 Å². The van der Waals surface area contributed by atoms with Gasteiger partial charge in [-0.15, -0.1) is 0 Å². The molecule has 0 spiro atoms. The highest BCUT2D eigenvalue weighted by atomic mass is 16.2. The van der Waals surface area contributed by atoms with Crippen LogP contribution in [0.4, 0.5) is 0 Å². The maximum Gasteiger partial charge on any atom is 0.272 e. The van der Waals surface area contributed by atoms with Crippen molar-refractivity contribution in [3.63, 3.8) is 0 Å². The fraction of sp³-hybridized carbons (Fsp3) is 0.462. The molecular formula is C13H16N4O. The summed E-state index contributed by atoms with van der Waals surface area (Å²) in [6, 6.07) is 3.54. The molecule has 1 unspecified atom stereocenters. The topological polar surface area (TPSA) is 50.5 Å². The molecule has 0 N–H and O–H groups in total. The summed E-state index contributed by atoms with van der Waals surface area (Å²) < 4.78 is 1.61. The van der Waals surface area contributed by atoms with Crippen LogP contribution in [0.15, 0.2) is 24.5 Å². The lowest BCUT2D eigenvalue weighted by molar-refractivity contribution is 0.0674. The first-order chi connectivity index (χ1) is 8.75. The number of fused-ring (bicyclic) bond motifs is 1. The maximum atomic E-state index is 12.5. The van der Waals surface area contributed by atoms with Gasteiger partial charge in [0.1, 0.15) is 5.69 Å². The van der Waals surface area contributed by atoms with Crippen LogP contribution in [0.5, 0.6) is 0 Å². The summed E-state index contributed by atoms with van der Waals surface area (Å²) >= 11 is 0. The molecule has 0 bridgehead atoms. The number of likely N-dealkylation sites (tertiary alicyclic amines) is 1. The molecule has 3 heterocycles. The van der Waals surface area contributed by atoms with Crippen LogP contribution < -0.4 is 0 Å². The number of amides is 1. The minimum Gasteiger partial charge on any atom is -0.337 e. The van der Waals surface area contributed by atoms with Crippen LogP contribution in [-0.4, -0.2) is 38.5 Å². The molecule has 0 radical (unpaired) electrons. The van der Waals surface area contributed by atoms with E-state index >= 15 is 0 Å². The maximum absolute atomic E-state index is 12.5. The molecule has 0 saturated carbocycles. The van der Waals surface area contributed by atoms with E-state index in [2.05, 4.69) is 17.0 Å². The molecule has 2 aromatic rings. The molecule has 1 amide bonds. The van der Waals surface area contributed by atoms with Crippen molar-refractivity contribution in [2.75, 3.05) is 13.1 Å². The highest BCUT2D eigenvalue weighted by Crippen LogP contribution is 2.17. The van der Waals surface area contributed by atoms with Crippen molar-refractivity contribution in [3.8, 4) is 0 Å². The molecule has 5 nitrogen and oxygen atoms in total. The van der Waals surface area contributed by atoms with Gasteiger partial charge in [0.2, 0.25) is 0 Å². The molecule has 1 aliphatic heterocycles. The number of hydrogen-bond acceptors (Lipinski definition) is 3. The zero-order valence-corrected chi connectivity index (χ0v) is 10.4. The molecule has 3 rings (SSSR count). The van der Waals surface area contributed by atoms with Gasteiger partial charge in [-0.2, -0.15) is 5.10 Å². The molecule has 1 saturated heterocycles. The number of nitrogens with zero attached hydrogens (tertiary/aromatic N) is 4. The summed E-state index contributed by atoms with van der Waals surface area (Å²) in [4.78, 5) is 18.6. The van der Waals surface area contributed by atoms with E-state index in [1.807, 2.05) is 4.90 Å². The fourth-order valence-corrected chi connectivity index (χ4v) is 2.53. The van der Waals surface area contributed by atoms with Gasteiger partial charge in [0.15, 0.2) is 5.65 Å². The van der Waals surface area contributed by atoms with Crippen molar-refractivity contribution in [1.82, 2.24) is 19.5 Å². The number of hydrogen-bond donors (Lipinski definition) is 0. The van der Waals surface area contributed by atoms with Gasteiger partial charge in [-0.25, -0.2) is 9.50 Å². The minimum absolute atomic E-state index is 0.0534. The highest BCUT2D eigenvalue weighted by Gasteiger charge is 2.23. The van der Waals surface area contributed by atoms with Gasteiger partial charge < -0.3 is 4.90 Å². The van der Waals surface area contributed by atoms with Crippen LogP contribution in [-0.2, 0) is 0 Å². The Bertz CT molecular complexity index is 577. The third-order valence-corrected chi connectivity index (χ3v) is 3.45. The van der Waals surface area contributed by atoms with Crippen LogP contribution in [0.2, 0.25) is 0 Å². The lowest BCUT2D eigenvalue weighted by atomic mass is 10.00. The predicted octanol–water partition coefficient (Wildman–Crippen LogP) is 1.60. The molecule has 5 heteroatoms. The molecule has 1 atom stereocenters. The van der Waals surface area contributed by atoms with Crippen LogP contribution in [0.1, 0.15) is 30.3 Å². The molecule has 0 aliphatic carbocycles. The quantitative estimate of drug-likeness (QED) is 0.765. The smallest absolute Gasteiger partial charge is 0.272 e. The Morgan fingerprint density at radius 2 is 2.28 bits per heavy atom. The van der Waals surface area contributed by atoms with E-state index in [-0.39, 0.29) is 5.91 Å². The van der Waals surface area contributed by atoms with Gasteiger partial charge in [0.05, 0.1) is 6.20 Å². The Morgan fingerprint density at radius 1 is 1.39 bits per heavy atom. The van der Waals surface area contributed by atoms with Crippen molar-refractivity contribution in [1.29, 1.82) is 0 Å². The normalized spacial score (nSPS) is 20.3. The zero-order chi connectivity index (χ0) is 12.5. The molecule has 1 fully saturated rings. The Morgan fingerprint density at radius 3 is 3.11 bits per heavy atom. The first kappa shape index (κ1) is 11.2. The average molecular weight is 244 g/mol. The monoisotopic (exact) mass is 244 g/mol. The van der Waals surface area contributed by atoms with Crippen molar-refractivity contribution in [2.45, 2.75) is 19.8 Å². The lowest BCUT2D eigenvalue weighted by Crippen LogP contribution is -2.39. The first-order valence-corrected chi connectivity index (χ1v) is 6.34. The van der Waals surface area contributed by atoms with Gasteiger partial charge in [0.25, 0.3) is 5.91 Å². The molecule has 0 aromatic carbocycles. The molecular weight excluding hydrogens is 228 g/mol. The Hall–Kier alpha value is -1.91. The van der Waals surface area contributed by atoms with E-state index in [1.165, 1.54) is 6.42 Å². The lowest BCUT2D eigenvalue weighted by Gasteiger charge is -2.30. The van der Waals surface area contributed by atoms with Gasteiger partial charge in [-0.3, -0.25) is 4.79 Å². The standard InChI is InChI=1S/C13H16N4O/c1-10-3-2-8-16(9-10)13(18)11-4-6-14-12-5-7-15-17(11)12/h4-7,10H,2-3,8-9H2,1H3. The third-order valence-electron chi connectivity index (χ3n) is 3.45. The van der Waals surface area contributed by atoms with Crippen molar-refractivity contribution in [3.05, 3.63) is 30.2 Å². The third kappa shape index (κ3) is 1.85. The fourth-order valence-electron chi connectivity index (χ4n) is 2.53. The van der Waals surface area contributed by atoms with Gasteiger partial charge in [0, 0.05) is 25.4 Å². The summed E-state index contributed by atoms with van der Waals surface area (Å²) in [7, 11) is 0. The van der Waals surface area contributed by atoms with E-state index in [9.17, 15) is 4.79 Å². The summed E-state index contributed by atoms with van der Waals surface area (Å²) in [5.41, 5.74) is 1.31. The van der Waals surface area contributed by atoms with Crippen molar-refractivity contribution in [2.24, 2.45) is 5.92 Å². The molecule has 1 aliphatic rings. The summed E-state index contributed by atoms with van der Waals surface area (Å²) in [6.45, 7) is 3.87. The second-order valence-corrected chi connectivity index (χ2v) is 4.93. The van der Waals surface area contributed by atoms with Crippen molar-refractivity contribution >= 4 is 11.6 Å². The highest BCUT2D eigenvalue weighted by molar-refractivity contribution is 5.93. The predicted molar refractivity (Wildman–Crippen MR) is 67.3 cm³/mol. The van der Waals surface area contributed by atoms with Gasteiger partial charge in [-0.05, 0) is 24.8 Å². The minimum atomic E-state index is 0.0534. The Labute approximate surface area is 105 Å². The number of aromatic nitrogens is 3. The van der Waals surface area contributed by atoms with Crippen LogP contribution in [0, 0.1) is 5.92 Å². The van der Waals surface area contributed by atoms with Crippen LogP contribution >= 0.6 is 0 Å². The van der Waals surface area contributed by atoms with E-state index < -0.39 is 0 Å². The second-order valence-electron chi connectivity index (χ2n) is 4.93. The SMILES string of the molecule is CC1CCCN(C(=O)c2ccnc3ccnn23)C1. The number of carbonyl (C=O) groups is 1. The number of rotatable bonds is 1. The average Bonchev–Trinajstić information content (AvgIpc) is 2.86. The number of piperidine rings is 1. The van der Waals surface area contributed by atoms with E-state index in [1.54, 1.807) is 29.0 Å². The summed E-state index contributed by atoms with van der Waals surface area (Å²) in [5.74, 6) is 0.635. The van der Waals surface area contributed by atoms with Gasteiger partial charge in [-0.1, -0.05) is 6.92 Å². The van der Waals surface area contributed by atoms with Gasteiger partial charge >= 0.3 is 0 Å². The largest absolute Gasteiger partial charge is 0.337 e.